The molecule has 0 aliphatic carbocycles. The van der Waals surface area contributed by atoms with Crippen molar-refractivity contribution in [3.8, 4) is 0 Å². The summed E-state index contributed by atoms with van der Waals surface area (Å²) in [5.41, 5.74) is 6.57. The number of ether oxygens (including phenoxy) is 1. The molecule has 0 bridgehead atoms. The number of carbonyl (C=O) groups excluding carboxylic acids is 1. The minimum absolute atomic E-state index is 0.124. The number of aromatic nitrogens is 3. The average molecular weight is 259 g/mol. The Morgan fingerprint density at radius 3 is 3.00 bits per heavy atom. The summed E-state index contributed by atoms with van der Waals surface area (Å²) in [6.07, 6.45) is 1.31. The van der Waals surface area contributed by atoms with Gasteiger partial charge in [-0.25, -0.2) is 14.8 Å². The summed E-state index contributed by atoms with van der Waals surface area (Å²) in [5.74, 6) is 0.0638. The standard InChI is InChI=1S/C12H13N5O2/c1-2-19-10(18)8-4-3-5-9(6-8)16-12-15-7-14-11(13)17-12/h3-7H,2H2,1H3,(H3,13,14,15,16,17). The van der Waals surface area contributed by atoms with Gasteiger partial charge in [0.25, 0.3) is 0 Å². The molecule has 98 valence electrons. The molecule has 0 spiro atoms. The van der Waals surface area contributed by atoms with Crippen LogP contribution in [0.4, 0.5) is 17.6 Å². The summed E-state index contributed by atoms with van der Waals surface area (Å²) < 4.78 is 4.92. The van der Waals surface area contributed by atoms with Gasteiger partial charge < -0.3 is 15.8 Å². The summed E-state index contributed by atoms with van der Waals surface area (Å²) in [6, 6.07) is 6.84. The number of hydrogen-bond donors (Lipinski definition) is 2. The number of nitrogens with zero attached hydrogens (tertiary/aromatic N) is 3. The van der Waals surface area contributed by atoms with Crippen molar-refractivity contribution in [2.45, 2.75) is 6.92 Å². The van der Waals surface area contributed by atoms with Gasteiger partial charge >= 0.3 is 5.97 Å². The minimum Gasteiger partial charge on any atom is -0.462 e. The highest BCUT2D eigenvalue weighted by atomic mass is 16.5. The summed E-state index contributed by atoms with van der Waals surface area (Å²) >= 11 is 0. The van der Waals surface area contributed by atoms with Gasteiger partial charge in [0.2, 0.25) is 11.9 Å². The van der Waals surface area contributed by atoms with Crippen LogP contribution in [0.15, 0.2) is 30.6 Å². The molecule has 0 amide bonds. The summed E-state index contributed by atoms with van der Waals surface area (Å²) in [6.45, 7) is 2.09. The van der Waals surface area contributed by atoms with E-state index in [1.807, 2.05) is 0 Å². The monoisotopic (exact) mass is 259 g/mol. The van der Waals surface area contributed by atoms with Crippen molar-refractivity contribution in [3.05, 3.63) is 36.2 Å². The molecule has 2 aromatic rings. The van der Waals surface area contributed by atoms with Crippen LogP contribution in [-0.4, -0.2) is 27.5 Å². The first kappa shape index (κ1) is 12.7. The van der Waals surface area contributed by atoms with Crippen molar-refractivity contribution in [3.63, 3.8) is 0 Å². The van der Waals surface area contributed by atoms with Gasteiger partial charge in [-0.1, -0.05) is 6.07 Å². The highest BCUT2D eigenvalue weighted by Crippen LogP contribution is 2.15. The van der Waals surface area contributed by atoms with Crippen LogP contribution in [0.1, 0.15) is 17.3 Å². The lowest BCUT2D eigenvalue weighted by atomic mass is 10.2. The fourth-order valence-electron chi connectivity index (χ4n) is 1.44. The van der Waals surface area contributed by atoms with E-state index in [0.29, 0.717) is 23.8 Å². The second-order valence-electron chi connectivity index (χ2n) is 3.59. The molecule has 2 rings (SSSR count). The van der Waals surface area contributed by atoms with Crippen LogP contribution >= 0.6 is 0 Å². The normalized spacial score (nSPS) is 9.95. The molecule has 3 N–H and O–H groups in total. The quantitative estimate of drug-likeness (QED) is 0.799. The van der Waals surface area contributed by atoms with Crippen LogP contribution in [0.2, 0.25) is 0 Å². The smallest absolute Gasteiger partial charge is 0.338 e. The van der Waals surface area contributed by atoms with Gasteiger partial charge in [0.05, 0.1) is 12.2 Å². The van der Waals surface area contributed by atoms with Crippen molar-refractivity contribution < 1.29 is 9.53 Å². The number of carbonyl (C=O) groups is 1. The largest absolute Gasteiger partial charge is 0.462 e. The zero-order chi connectivity index (χ0) is 13.7. The van der Waals surface area contributed by atoms with Crippen molar-refractivity contribution in [2.24, 2.45) is 0 Å². The molecule has 0 fully saturated rings. The van der Waals surface area contributed by atoms with Gasteiger partial charge in [-0.15, -0.1) is 0 Å². The highest BCUT2D eigenvalue weighted by molar-refractivity contribution is 5.90. The molecule has 0 atom stereocenters. The molecule has 0 unspecified atom stereocenters. The van der Waals surface area contributed by atoms with E-state index in [-0.39, 0.29) is 11.9 Å². The van der Waals surface area contributed by atoms with E-state index in [4.69, 9.17) is 10.5 Å². The fourth-order valence-corrected chi connectivity index (χ4v) is 1.44. The van der Waals surface area contributed by atoms with E-state index in [9.17, 15) is 4.79 Å². The average Bonchev–Trinajstić information content (AvgIpc) is 2.39. The second-order valence-corrected chi connectivity index (χ2v) is 3.59. The fraction of sp³-hybridized carbons (Fsp3) is 0.167. The summed E-state index contributed by atoms with van der Waals surface area (Å²) in [5, 5.41) is 2.93. The predicted molar refractivity (Wildman–Crippen MR) is 69.9 cm³/mol. The molecule has 0 radical (unpaired) electrons. The first-order valence-corrected chi connectivity index (χ1v) is 5.67. The van der Waals surface area contributed by atoms with Crippen LogP contribution < -0.4 is 11.1 Å². The van der Waals surface area contributed by atoms with E-state index >= 15 is 0 Å². The number of hydrogen-bond acceptors (Lipinski definition) is 7. The van der Waals surface area contributed by atoms with E-state index < -0.39 is 0 Å². The Morgan fingerprint density at radius 1 is 1.42 bits per heavy atom. The number of esters is 1. The predicted octanol–water partition coefficient (Wildman–Crippen LogP) is 1.37. The van der Waals surface area contributed by atoms with Crippen LogP contribution in [0.25, 0.3) is 0 Å². The number of benzene rings is 1. The van der Waals surface area contributed by atoms with Gasteiger partial charge in [-0.05, 0) is 25.1 Å². The van der Waals surface area contributed by atoms with E-state index in [1.165, 1.54) is 6.33 Å². The van der Waals surface area contributed by atoms with Crippen LogP contribution in [0, 0.1) is 0 Å². The lowest BCUT2D eigenvalue weighted by molar-refractivity contribution is 0.0526. The molecule has 1 heterocycles. The van der Waals surface area contributed by atoms with Crippen molar-refractivity contribution >= 4 is 23.6 Å². The van der Waals surface area contributed by atoms with Crippen LogP contribution in [-0.2, 0) is 4.74 Å². The first-order valence-electron chi connectivity index (χ1n) is 5.67. The SMILES string of the molecule is CCOC(=O)c1cccc(Nc2ncnc(N)n2)c1. The zero-order valence-corrected chi connectivity index (χ0v) is 10.3. The van der Waals surface area contributed by atoms with Crippen molar-refractivity contribution in [1.82, 2.24) is 15.0 Å². The Hall–Kier alpha value is -2.70. The molecule has 7 nitrogen and oxygen atoms in total. The highest BCUT2D eigenvalue weighted by Gasteiger charge is 2.07. The lowest BCUT2D eigenvalue weighted by Crippen LogP contribution is -2.06. The van der Waals surface area contributed by atoms with E-state index in [0.717, 1.165) is 0 Å². The molecule has 1 aromatic heterocycles. The summed E-state index contributed by atoms with van der Waals surface area (Å²) in [7, 11) is 0. The maximum Gasteiger partial charge on any atom is 0.338 e. The molecule has 0 aliphatic rings. The topological polar surface area (TPSA) is 103 Å². The molecular formula is C12H13N5O2. The first-order chi connectivity index (χ1) is 9.19. The Labute approximate surface area is 109 Å². The minimum atomic E-state index is -0.374. The Bertz CT molecular complexity index is 588. The lowest BCUT2D eigenvalue weighted by Gasteiger charge is -2.06. The van der Waals surface area contributed by atoms with Crippen LogP contribution in [0.5, 0.6) is 0 Å². The number of nitrogens with two attached hydrogens (primary N) is 1. The third-order valence-electron chi connectivity index (χ3n) is 2.22. The van der Waals surface area contributed by atoms with Gasteiger partial charge in [0.1, 0.15) is 6.33 Å². The Balaban J connectivity index is 2.17. The summed E-state index contributed by atoms with van der Waals surface area (Å²) in [4.78, 5) is 23.1. The second kappa shape index (κ2) is 5.76. The van der Waals surface area contributed by atoms with Crippen molar-refractivity contribution in [2.75, 3.05) is 17.7 Å². The number of nitrogen functional groups attached to an aromatic ring is 1. The third-order valence-corrected chi connectivity index (χ3v) is 2.22. The number of rotatable bonds is 4. The van der Waals surface area contributed by atoms with E-state index in [2.05, 4.69) is 20.3 Å². The molecule has 0 saturated heterocycles. The van der Waals surface area contributed by atoms with Gasteiger partial charge in [-0.2, -0.15) is 4.98 Å². The zero-order valence-electron chi connectivity index (χ0n) is 10.3. The molecule has 19 heavy (non-hydrogen) atoms. The van der Waals surface area contributed by atoms with Crippen LogP contribution in [0.3, 0.4) is 0 Å². The molecule has 0 aliphatic heterocycles. The maximum absolute atomic E-state index is 11.6. The Morgan fingerprint density at radius 2 is 2.26 bits per heavy atom. The number of nitrogens with one attached hydrogen (secondary N) is 1. The molecule has 0 saturated carbocycles. The van der Waals surface area contributed by atoms with Crippen molar-refractivity contribution in [1.29, 1.82) is 0 Å². The molecular weight excluding hydrogens is 246 g/mol. The third kappa shape index (κ3) is 3.38. The number of anilines is 3. The molecule has 1 aromatic carbocycles. The van der Waals surface area contributed by atoms with Gasteiger partial charge in [0, 0.05) is 5.69 Å². The van der Waals surface area contributed by atoms with Gasteiger partial charge in [-0.3, -0.25) is 0 Å². The molecule has 7 heteroatoms. The van der Waals surface area contributed by atoms with Gasteiger partial charge in [0.15, 0.2) is 0 Å². The maximum atomic E-state index is 11.6. The van der Waals surface area contributed by atoms with E-state index in [1.54, 1.807) is 31.2 Å². The Kier molecular flexibility index (Phi) is 3.87.